The summed E-state index contributed by atoms with van der Waals surface area (Å²) in [6.07, 6.45) is 4.19. The number of hydrogen-bond donors (Lipinski definition) is 1. The molecule has 2 aromatic carbocycles. The summed E-state index contributed by atoms with van der Waals surface area (Å²) in [5, 5.41) is 2.20. The molecule has 0 unspecified atom stereocenters. The summed E-state index contributed by atoms with van der Waals surface area (Å²) in [4.78, 5) is 26.5. The number of amides is 2. The second-order valence-corrected chi connectivity index (χ2v) is 6.46. The van der Waals surface area contributed by atoms with E-state index in [0.717, 1.165) is 50.9 Å². The van der Waals surface area contributed by atoms with Gasteiger partial charge in [0.2, 0.25) is 0 Å². The Labute approximate surface area is 155 Å². The number of nitrogens with zero attached hydrogens (tertiary/aromatic N) is 1. The van der Waals surface area contributed by atoms with Crippen molar-refractivity contribution in [3.8, 4) is 0 Å². The zero-order chi connectivity index (χ0) is 19.4. The molecule has 142 valence electrons. The molecule has 1 aliphatic heterocycles. The predicted octanol–water partition coefficient (Wildman–Crippen LogP) is 4.37. The number of rotatable bonds is 3. The van der Waals surface area contributed by atoms with Crippen LogP contribution in [0.5, 0.6) is 0 Å². The first-order valence-corrected chi connectivity index (χ1v) is 8.81. The van der Waals surface area contributed by atoms with E-state index >= 15 is 0 Å². The Kier molecular flexibility index (Phi) is 5.78. The fraction of sp³-hybridized carbons (Fsp3) is 0.300. The van der Waals surface area contributed by atoms with E-state index in [1.807, 2.05) is 0 Å². The molecule has 4 nitrogen and oxygen atoms in total. The van der Waals surface area contributed by atoms with E-state index < -0.39 is 29.0 Å². The lowest BCUT2D eigenvalue weighted by Crippen LogP contribution is -2.31. The van der Waals surface area contributed by atoms with Gasteiger partial charge in [-0.2, -0.15) is 0 Å². The third-order valence-electron chi connectivity index (χ3n) is 4.57. The molecule has 0 spiro atoms. The fourth-order valence-corrected chi connectivity index (χ4v) is 3.04. The summed E-state index contributed by atoms with van der Waals surface area (Å²) in [5.41, 5.74) is 0.183. The van der Waals surface area contributed by atoms with Crippen LogP contribution in [0.2, 0.25) is 0 Å². The van der Waals surface area contributed by atoms with E-state index in [1.165, 1.54) is 24.3 Å². The first-order valence-electron chi connectivity index (χ1n) is 8.81. The lowest BCUT2D eigenvalue weighted by atomic mass is 10.1. The second-order valence-electron chi connectivity index (χ2n) is 6.46. The maximum absolute atomic E-state index is 13.7. The van der Waals surface area contributed by atoms with Gasteiger partial charge in [0.25, 0.3) is 11.8 Å². The Bertz CT molecular complexity index is 845. The van der Waals surface area contributed by atoms with Gasteiger partial charge in [0.15, 0.2) is 17.5 Å². The molecule has 3 rings (SSSR count). The Morgan fingerprint density at radius 1 is 0.778 bits per heavy atom. The summed E-state index contributed by atoms with van der Waals surface area (Å²) in [7, 11) is 0. The Hall–Kier alpha value is -2.83. The number of hydrogen-bond acceptors (Lipinski definition) is 2. The molecule has 1 aliphatic rings. The monoisotopic (exact) mass is 376 g/mol. The van der Waals surface area contributed by atoms with E-state index in [-0.39, 0.29) is 11.5 Å². The molecule has 1 fully saturated rings. The summed E-state index contributed by atoms with van der Waals surface area (Å²) in [5.74, 6) is -5.21. The smallest absolute Gasteiger partial charge is 0.255 e. The molecule has 1 heterocycles. The number of likely N-dealkylation sites (tertiary alicyclic amines) is 1. The van der Waals surface area contributed by atoms with E-state index in [1.54, 1.807) is 4.90 Å². The molecule has 2 amide bonds. The highest BCUT2D eigenvalue weighted by Gasteiger charge is 2.19. The Balaban J connectivity index is 1.70. The Morgan fingerprint density at radius 2 is 1.37 bits per heavy atom. The van der Waals surface area contributed by atoms with Crippen LogP contribution in [0, 0.1) is 17.5 Å². The standard InChI is InChI=1S/C20H19F3N2O2/c21-15-9-10-16(18(23)17(15)22)24-19(26)13-5-7-14(8-6-13)20(27)25-11-3-1-2-4-12-25/h5-10H,1-4,11-12H2,(H,24,26). The SMILES string of the molecule is O=C(Nc1ccc(F)c(F)c1F)c1ccc(C(=O)N2CCCCCC2)cc1. The maximum Gasteiger partial charge on any atom is 0.255 e. The summed E-state index contributed by atoms with van der Waals surface area (Å²) in [6, 6.07) is 7.63. The number of nitrogens with one attached hydrogen (secondary N) is 1. The third-order valence-corrected chi connectivity index (χ3v) is 4.57. The largest absolute Gasteiger partial charge is 0.339 e. The minimum absolute atomic E-state index is 0.0875. The van der Waals surface area contributed by atoms with Gasteiger partial charge in [0, 0.05) is 24.2 Å². The Morgan fingerprint density at radius 3 is 2.00 bits per heavy atom. The van der Waals surface area contributed by atoms with Crippen molar-refractivity contribution in [2.75, 3.05) is 18.4 Å². The normalized spacial score (nSPS) is 14.6. The van der Waals surface area contributed by atoms with Crippen LogP contribution in [0.4, 0.5) is 18.9 Å². The molecular weight excluding hydrogens is 357 g/mol. The van der Waals surface area contributed by atoms with Crippen molar-refractivity contribution in [2.45, 2.75) is 25.7 Å². The molecule has 2 aromatic rings. The number of halogens is 3. The average Bonchev–Trinajstić information content (AvgIpc) is 2.97. The van der Waals surface area contributed by atoms with Crippen molar-refractivity contribution in [1.29, 1.82) is 0 Å². The first-order chi connectivity index (χ1) is 13.0. The number of anilines is 1. The second kappa shape index (κ2) is 8.24. The van der Waals surface area contributed by atoms with Crippen LogP contribution in [0.15, 0.2) is 36.4 Å². The van der Waals surface area contributed by atoms with Crippen molar-refractivity contribution in [2.24, 2.45) is 0 Å². The number of carbonyl (C=O) groups is 2. The highest BCUT2D eigenvalue weighted by atomic mass is 19.2. The summed E-state index contributed by atoms with van der Waals surface area (Å²) < 4.78 is 39.9. The molecule has 0 radical (unpaired) electrons. The predicted molar refractivity (Wildman–Crippen MR) is 95.1 cm³/mol. The van der Waals surface area contributed by atoms with Crippen molar-refractivity contribution in [1.82, 2.24) is 4.90 Å². The molecule has 0 saturated carbocycles. The molecule has 0 bridgehead atoms. The first kappa shape index (κ1) is 18.9. The molecule has 1 N–H and O–H groups in total. The topological polar surface area (TPSA) is 49.4 Å². The van der Waals surface area contributed by atoms with Crippen LogP contribution in [-0.4, -0.2) is 29.8 Å². The molecule has 1 saturated heterocycles. The van der Waals surface area contributed by atoms with E-state index in [9.17, 15) is 22.8 Å². The van der Waals surface area contributed by atoms with E-state index in [2.05, 4.69) is 5.32 Å². The van der Waals surface area contributed by atoms with E-state index in [4.69, 9.17) is 0 Å². The molecule has 7 heteroatoms. The van der Waals surface area contributed by atoms with Crippen LogP contribution >= 0.6 is 0 Å². The average molecular weight is 376 g/mol. The molecule has 0 atom stereocenters. The van der Waals surface area contributed by atoms with Gasteiger partial charge in [-0.3, -0.25) is 9.59 Å². The highest BCUT2D eigenvalue weighted by Crippen LogP contribution is 2.21. The number of carbonyl (C=O) groups excluding carboxylic acids is 2. The van der Waals surface area contributed by atoms with Crippen LogP contribution in [-0.2, 0) is 0 Å². The zero-order valence-corrected chi connectivity index (χ0v) is 14.6. The van der Waals surface area contributed by atoms with Crippen LogP contribution in [0.3, 0.4) is 0 Å². The summed E-state index contributed by atoms with van der Waals surface area (Å²) >= 11 is 0. The van der Waals surface area contributed by atoms with Crippen molar-refractivity contribution >= 4 is 17.5 Å². The lowest BCUT2D eigenvalue weighted by Gasteiger charge is -2.20. The van der Waals surface area contributed by atoms with Gasteiger partial charge in [-0.15, -0.1) is 0 Å². The van der Waals surface area contributed by atoms with Crippen LogP contribution in [0.1, 0.15) is 46.4 Å². The minimum Gasteiger partial charge on any atom is -0.339 e. The molecule has 0 aromatic heterocycles. The van der Waals surface area contributed by atoms with Crippen molar-refractivity contribution < 1.29 is 22.8 Å². The molecular formula is C20H19F3N2O2. The van der Waals surface area contributed by atoms with Gasteiger partial charge in [0.05, 0.1) is 5.69 Å². The zero-order valence-electron chi connectivity index (χ0n) is 14.6. The van der Waals surface area contributed by atoms with Crippen LogP contribution < -0.4 is 5.32 Å². The molecule has 27 heavy (non-hydrogen) atoms. The highest BCUT2D eigenvalue weighted by molar-refractivity contribution is 6.05. The van der Waals surface area contributed by atoms with Gasteiger partial charge >= 0.3 is 0 Å². The van der Waals surface area contributed by atoms with Gasteiger partial charge in [-0.25, -0.2) is 13.2 Å². The van der Waals surface area contributed by atoms with Gasteiger partial charge < -0.3 is 10.2 Å². The van der Waals surface area contributed by atoms with Crippen molar-refractivity contribution in [3.05, 3.63) is 65.0 Å². The van der Waals surface area contributed by atoms with Gasteiger partial charge in [-0.1, -0.05) is 12.8 Å². The molecule has 0 aliphatic carbocycles. The van der Waals surface area contributed by atoms with Crippen LogP contribution in [0.25, 0.3) is 0 Å². The van der Waals surface area contributed by atoms with E-state index in [0.29, 0.717) is 5.56 Å². The van der Waals surface area contributed by atoms with Gasteiger partial charge in [-0.05, 0) is 49.2 Å². The summed E-state index contributed by atoms with van der Waals surface area (Å²) in [6.45, 7) is 1.44. The third kappa shape index (κ3) is 4.30. The minimum atomic E-state index is -1.65. The van der Waals surface area contributed by atoms with Crippen molar-refractivity contribution in [3.63, 3.8) is 0 Å². The lowest BCUT2D eigenvalue weighted by molar-refractivity contribution is 0.0761. The number of benzene rings is 2. The maximum atomic E-state index is 13.7. The quantitative estimate of drug-likeness (QED) is 0.809. The fourth-order valence-electron chi connectivity index (χ4n) is 3.04. The van der Waals surface area contributed by atoms with Gasteiger partial charge in [0.1, 0.15) is 0 Å².